The number of Topliss-reactive ketones (excluding diaryl/α,β-unsaturated/α-hetero) is 1. The number of nitrogens with two attached hydrogens (primary N) is 1. The van der Waals surface area contributed by atoms with Crippen LogP contribution in [0.4, 0.5) is 5.69 Å². The van der Waals surface area contributed by atoms with E-state index in [1.165, 1.54) is 37.7 Å². The van der Waals surface area contributed by atoms with Crippen LogP contribution in [0.25, 0.3) is 0 Å². The van der Waals surface area contributed by atoms with Gasteiger partial charge in [0.15, 0.2) is 12.4 Å². The Labute approximate surface area is 137 Å². The normalized spacial score (nSPS) is 15.3. The molecule has 1 aliphatic rings. The molecular weight excluding hydrogens is 286 g/mol. The highest BCUT2D eigenvalue weighted by atomic mass is 16.5. The number of anilines is 1. The van der Waals surface area contributed by atoms with E-state index in [-0.39, 0.29) is 12.4 Å². The van der Waals surface area contributed by atoms with Crippen LogP contribution in [-0.4, -0.2) is 12.4 Å². The van der Waals surface area contributed by atoms with Gasteiger partial charge < -0.3 is 10.5 Å². The Bertz CT molecular complexity index is 640. The summed E-state index contributed by atoms with van der Waals surface area (Å²) in [5.41, 5.74) is 8.38. The number of benzene rings is 2. The van der Waals surface area contributed by atoms with Crippen molar-refractivity contribution in [1.29, 1.82) is 0 Å². The molecule has 0 saturated heterocycles. The number of hydrogen-bond acceptors (Lipinski definition) is 3. The average Bonchev–Trinajstić information content (AvgIpc) is 2.62. The first-order valence-electron chi connectivity index (χ1n) is 8.34. The second-order valence-electron chi connectivity index (χ2n) is 6.24. The van der Waals surface area contributed by atoms with E-state index < -0.39 is 0 Å². The molecule has 2 aromatic rings. The van der Waals surface area contributed by atoms with Gasteiger partial charge in [-0.2, -0.15) is 0 Å². The molecule has 2 aromatic carbocycles. The molecule has 23 heavy (non-hydrogen) atoms. The van der Waals surface area contributed by atoms with Crippen LogP contribution < -0.4 is 10.5 Å². The number of ketones is 1. The first-order valence-corrected chi connectivity index (χ1v) is 8.34. The van der Waals surface area contributed by atoms with Gasteiger partial charge in [0, 0.05) is 11.3 Å². The van der Waals surface area contributed by atoms with Gasteiger partial charge >= 0.3 is 0 Å². The maximum atomic E-state index is 12.2. The summed E-state index contributed by atoms with van der Waals surface area (Å²) >= 11 is 0. The third kappa shape index (κ3) is 4.13. The third-order valence-corrected chi connectivity index (χ3v) is 4.56. The van der Waals surface area contributed by atoms with E-state index >= 15 is 0 Å². The van der Waals surface area contributed by atoms with Crippen LogP contribution >= 0.6 is 0 Å². The van der Waals surface area contributed by atoms with Crippen molar-refractivity contribution in [3.05, 3.63) is 59.7 Å². The molecule has 0 aromatic heterocycles. The van der Waals surface area contributed by atoms with Crippen molar-refractivity contribution in [3.63, 3.8) is 0 Å². The second-order valence-corrected chi connectivity index (χ2v) is 6.24. The van der Waals surface area contributed by atoms with E-state index in [2.05, 4.69) is 12.1 Å². The second kappa shape index (κ2) is 7.32. The van der Waals surface area contributed by atoms with Crippen LogP contribution in [0.5, 0.6) is 5.75 Å². The lowest BCUT2D eigenvalue weighted by Gasteiger charge is -2.22. The third-order valence-electron chi connectivity index (χ3n) is 4.56. The van der Waals surface area contributed by atoms with Gasteiger partial charge in [-0.15, -0.1) is 0 Å². The highest BCUT2D eigenvalue weighted by Crippen LogP contribution is 2.32. The van der Waals surface area contributed by atoms with Gasteiger partial charge in [-0.1, -0.05) is 43.5 Å². The van der Waals surface area contributed by atoms with Crippen LogP contribution in [-0.2, 0) is 0 Å². The topological polar surface area (TPSA) is 52.3 Å². The fourth-order valence-corrected chi connectivity index (χ4v) is 3.17. The molecule has 0 heterocycles. The molecule has 0 bridgehead atoms. The number of nitrogen functional groups attached to an aromatic ring is 1. The molecule has 0 atom stereocenters. The monoisotopic (exact) mass is 309 g/mol. The Kier molecular flexibility index (Phi) is 4.96. The molecule has 1 fully saturated rings. The molecule has 3 heteroatoms. The Hall–Kier alpha value is -2.29. The number of ether oxygens (including phenoxy) is 1. The Morgan fingerprint density at radius 2 is 1.61 bits per heavy atom. The predicted octanol–water partition coefficient (Wildman–Crippen LogP) is 4.58. The van der Waals surface area contributed by atoms with Gasteiger partial charge in [-0.3, -0.25) is 4.79 Å². The van der Waals surface area contributed by atoms with Crippen LogP contribution in [0.2, 0.25) is 0 Å². The molecule has 2 N–H and O–H groups in total. The van der Waals surface area contributed by atoms with E-state index in [0.29, 0.717) is 22.9 Å². The largest absolute Gasteiger partial charge is 0.485 e. The highest BCUT2D eigenvalue weighted by Gasteiger charge is 2.16. The van der Waals surface area contributed by atoms with Gasteiger partial charge in [0.1, 0.15) is 5.75 Å². The van der Waals surface area contributed by atoms with Crippen molar-refractivity contribution >= 4 is 11.5 Å². The Morgan fingerprint density at radius 3 is 2.26 bits per heavy atom. The Balaban J connectivity index is 1.57. The first kappa shape index (κ1) is 15.6. The lowest BCUT2D eigenvalue weighted by atomic mass is 9.84. The van der Waals surface area contributed by atoms with E-state index in [1.807, 2.05) is 12.1 Å². The summed E-state index contributed by atoms with van der Waals surface area (Å²) < 4.78 is 5.52. The minimum atomic E-state index is -0.00276. The van der Waals surface area contributed by atoms with E-state index in [9.17, 15) is 4.79 Å². The van der Waals surface area contributed by atoms with Crippen molar-refractivity contribution in [3.8, 4) is 5.75 Å². The number of hydrogen-bond donors (Lipinski definition) is 1. The first-order chi connectivity index (χ1) is 11.2. The summed E-state index contributed by atoms with van der Waals surface area (Å²) in [6, 6.07) is 15.1. The number of carbonyl (C=O) groups is 1. The fraction of sp³-hybridized carbons (Fsp3) is 0.350. The molecule has 3 rings (SSSR count). The summed E-state index contributed by atoms with van der Waals surface area (Å²) in [5.74, 6) is 1.32. The SMILES string of the molecule is Nc1ccc(OCC(=O)c2ccc(C3CCCCC3)cc2)cc1. The standard InChI is InChI=1S/C20H23NO2/c21-18-10-12-19(13-11-18)23-14-20(22)17-8-6-16(7-9-17)15-4-2-1-3-5-15/h6-13,15H,1-5,14,21H2. The molecule has 0 unspecified atom stereocenters. The van der Waals surface area contributed by atoms with Gasteiger partial charge in [-0.25, -0.2) is 0 Å². The Morgan fingerprint density at radius 1 is 0.957 bits per heavy atom. The van der Waals surface area contributed by atoms with Crippen molar-refractivity contribution in [2.45, 2.75) is 38.0 Å². The summed E-state index contributed by atoms with van der Waals surface area (Å²) in [7, 11) is 0. The van der Waals surface area contributed by atoms with Crippen LogP contribution in [0.15, 0.2) is 48.5 Å². The van der Waals surface area contributed by atoms with Crippen molar-refractivity contribution in [1.82, 2.24) is 0 Å². The zero-order chi connectivity index (χ0) is 16.1. The van der Waals surface area contributed by atoms with E-state index in [0.717, 1.165) is 0 Å². The van der Waals surface area contributed by atoms with E-state index in [1.54, 1.807) is 24.3 Å². The van der Waals surface area contributed by atoms with Crippen LogP contribution in [0.1, 0.15) is 53.9 Å². The predicted molar refractivity (Wildman–Crippen MR) is 92.9 cm³/mol. The highest BCUT2D eigenvalue weighted by molar-refractivity contribution is 5.97. The fourth-order valence-electron chi connectivity index (χ4n) is 3.17. The zero-order valence-corrected chi connectivity index (χ0v) is 13.3. The van der Waals surface area contributed by atoms with Crippen molar-refractivity contribution < 1.29 is 9.53 Å². The molecule has 1 aliphatic carbocycles. The summed E-state index contributed by atoms with van der Waals surface area (Å²) in [4.78, 5) is 12.2. The average molecular weight is 309 g/mol. The minimum absolute atomic E-state index is 0.00276. The van der Waals surface area contributed by atoms with Crippen molar-refractivity contribution in [2.24, 2.45) is 0 Å². The van der Waals surface area contributed by atoms with Crippen LogP contribution in [0.3, 0.4) is 0 Å². The molecule has 0 amide bonds. The lowest BCUT2D eigenvalue weighted by molar-refractivity contribution is 0.0921. The van der Waals surface area contributed by atoms with Gasteiger partial charge in [0.2, 0.25) is 0 Å². The van der Waals surface area contributed by atoms with Gasteiger partial charge in [0.05, 0.1) is 0 Å². The van der Waals surface area contributed by atoms with Crippen LogP contribution in [0, 0.1) is 0 Å². The molecule has 0 radical (unpaired) electrons. The molecular formula is C20H23NO2. The number of carbonyl (C=O) groups excluding carboxylic acids is 1. The molecule has 120 valence electrons. The lowest BCUT2D eigenvalue weighted by Crippen LogP contribution is -2.12. The van der Waals surface area contributed by atoms with Gasteiger partial charge in [-0.05, 0) is 48.6 Å². The number of rotatable bonds is 5. The maximum Gasteiger partial charge on any atom is 0.200 e. The smallest absolute Gasteiger partial charge is 0.200 e. The molecule has 3 nitrogen and oxygen atoms in total. The summed E-state index contributed by atoms with van der Waals surface area (Å²) in [5, 5.41) is 0. The molecule has 0 spiro atoms. The van der Waals surface area contributed by atoms with E-state index in [4.69, 9.17) is 10.5 Å². The zero-order valence-electron chi connectivity index (χ0n) is 13.3. The minimum Gasteiger partial charge on any atom is -0.485 e. The van der Waals surface area contributed by atoms with Gasteiger partial charge in [0.25, 0.3) is 0 Å². The summed E-state index contributed by atoms with van der Waals surface area (Å²) in [6.45, 7) is 0.0483. The van der Waals surface area contributed by atoms with Crippen molar-refractivity contribution in [2.75, 3.05) is 12.3 Å². The quantitative estimate of drug-likeness (QED) is 0.650. The molecule has 1 saturated carbocycles. The summed E-state index contributed by atoms with van der Waals surface area (Å²) in [6.07, 6.45) is 6.54. The molecule has 0 aliphatic heterocycles. The maximum absolute atomic E-state index is 12.2.